The summed E-state index contributed by atoms with van der Waals surface area (Å²) in [5, 5.41) is 12.0. The standard InChI is InChI=1S/C18H19N5O2/c1-12-20-21-17-7-6-13(10-23(12)17)19-18(25)11-22-9-8-16(24)14-4-2-3-5-15(14)22/h2-5,8-9,13H,6-7,10-11H2,1H3,(H,19,25). The van der Waals surface area contributed by atoms with Crippen LogP contribution in [-0.4, -0.2) is 31.3 Å². The third-order valence-corrected chi connectivity index (χ3v) is 4.70. The van der Waals surface area contributed by atoms with E-state index in [1.165, 1.54) is 6.07 Å². The third-order valence-electron chi connectivity index (χ3n) is 4.70. The number of aryl methyl sites for hydroxylation is 2. The van der Waals surface area contributed by atoms with Crippen molar-refractivity contribution in [3.05, 3.63) is 58.4 Å². The van der Waals surface area contributed by atoms with Gasteiger partial charge in [-0.15, -0.1) is 10.2 Å². The van der Waals surface area contributed by atoms with E-state index in [4.69, 9.17) is 0 Å². The molecule has 0 fully saturated rings. The highest BCUT2D eigenvalue weighted by Gasteiger charge is 2.22. The van der Waals surface area contributed by atoms with E-state index in [1.807, 2.05) is 29.7 Å². The fourth-order valence-corrected chi connectivity index (χ4v) is 3.41. The SMILES string of the molecule is Cc1nnc2n1CC(NC(=O)Cn1ccc(=O)c3ccccc31)CC2. The van der Waals surface area contributed by atoms with Gasteiger partial charge in [0.1, 0.15) is 18.2 Å². The van der Waals surface area contributed by atoms with Gasteiger partial charge in [0, 0.05) is 36.7 Å². The second kappa shape index (κ2) is 6.16. The number of rotatable bonds is 3. The van der Waals surface area contributed by atoms with Crippen LogP contribution < -0.4 is 10.7 Å². The van der Waals surface area contributed by atoms with Gasteiger partial charge in [0.15, 0.2) is 5.43 Å². The number of pyridine rings is 1. The normalized spacial score (nSPS) is 16.6. The minimum atomic E-state index is -0.0621. The molecule has 0 spiro atoms. The first-order chi connectivity index (χ1) is 12.1. The van der Waals surface area contributed by atoms with Crippen molar-refractivity contribution in [1.29, 1.82) is 0 Å². The number of aromatic nitrogens is 4. The Balaban J connectivity index is 1.49. The van der Waals surface area contributed by atoms with E-state index in [1.54, 1.807) is 12.3 Å². The van der Waals surface area contributed by atoms with Gasteiger partial charge in [-0.1, -0.05) is 12.1 Å². The number of hydrogen-bond donors (Lipinski definition) is 1. The molecular weight excluding hydrogens is 318 g/mol. The smallest absolute Gasteiger partial charge is 0.240 e. The van der Waals surface area contributed by atoms with E-state index in [2.05, 4.69) is 20.1 Å². The molecule has 1 unspecified atom stereocenters. The number of nitrogens with one attached hydrogen (secondary N) is 1. The molecular formula is C18H19N5O2. The van der Waals surface area contributed by atoms with Crippen molar-refractivity contribution in [2.45, 2.75) is 38.9 Å². The van der Waals surface area contributed by atoms with Gasteiger partial charge in [-0.3, -0.25) is 9.59 Å². The van der Waals surface area contributed by atoms with Crippen molar-refractivity contribution >= 4 is 16.8 Å². The fraction of sp³-hybridized carbons (Fsp3) is 0.333. The average molecular weight is 337 g/mol. The Morgan fingerprint density at radius 2 is 2.12 bits per heavy atom. The number of hydrogen-bond acceptors (Lipinski definition) is 4. The molecule has 1 amide bonds. The van der Waals surface area contributed by atoms with Crippen molar-refractivity contribution in [2.75, 3.05) is 0 Å². The number of fused-ring (bicyclic) bond motifs is 2. The Morgan fingerprint density at radius 1 is 1.28 bits per heavy atom. The maximum atomic E-state index is 12.5. The molecule has 1 N–H and O–H groups in total. The average Bonchev–Trinajstić information content (AvgIpc) is 2.98. The molecule has 1 aliphatic heterocycles. The summed E-state index contributed by atoms with van der Waals surface area (Å²) in [6, 6.07) is 8.91. The summed E-state index contributed by atoms with van der Waals surface area (Å²) in [5.41, 5.74) is 0.737. The van der Waals surface area contributed by atoms with Gasteiger partial charge in [-0.25, -0.2) is 0 Å². The van der Waals surface area contributed by atoms with E-state index >= 15 is 0 Å². The van der Waals surface area contributed by atoms with Gasteiger partial charge in [-0.2, -0.15) is 0 Å². The second-order valence-electron chi connectivity index (χ2n) is 6.40. The molecule has 0 saturated heterocycles. The van der Waals surface area contributed by atoms with Crippen LogP contribution in [0.5, 0.6) is 0 Å². The summed E-state index contributed by atoms with van der Waals surface area (Å²) in [6.45, 7) is 2.81. The van der Waals surface area contributed by atoms with E-state index in [-0.39, 0.29) is 23.9 Å². The lowest BCUT2D eigenvalue weighted by atomic mass is 10.1. The minimum Gasteiger partial charge on any atom is -0.350 e. The molecule has 1 aromatic carbocycles. The van der Waals surface area contributed by atoms with Crippen molar-refractivity contribution in [2.24, 2.45) is 0 Å². The number of para-hydroxylation sites is 1. The first kappa shape index (κ1) is 15.6. The molecule has 128 valence electrons. The Labute approximate surface area is 144 Å². The number of nitrogens with zero attached hydrogens (tertiary/aromatic N) is 4. The predicted octanol–water partition coefficient (Wildman–Crippen LogP) is 1.03. The van der Waals surface area contributed by atoms with Gasteiger partial charge in [-0.05, 0) is 25.5 Å². The van der Waals surface area contributed by atoms with E-state index < -0.39 is 0 Å². The Morgan fingerprint density at radius 3 is 3.00 bits per heavy atom. The lowest BCUT2D eigenvalue weighted by Gasteiger charge is -2.25. The number of carbonyl (C=O) groups is 1. The van der Waals surface area contributed by atoms with Crippen molar-refractivity contribution in [3.63, 3.8) is 0 Å². The summed E-state index contributed by atoms with van der Waals surface area (Å²) in [6.07, 6.45) is 3.34. The lowest BCUT2D eigenvalue weighted by molar-refractivity contribution is -0.122. The monoisotopic (exact) mass is 337 g/mol. The molecule has 4 rings (SSSR count). The van der Waals surface area contributed by atoms with Crippen LogP contribution in [0.25, 0.3) is 10.9 Å². The van der Waals surface area contributed by atoms with E-state index in [0.717, 1.165) is 30.0 Å². The first-order valence-corrected chi connectivity index (χ1v) is 8.38. The van der Waals surface area contributed by atoms with Gasteiger partial charge in [0.25, 0.3) is 0 Å². The largest absolute Gasteiger partial charge is 0.350 e. The van der Waals surface area contributed by atoms with E-state index in [9.17, 15) is 9.59 Å². The molecule has 7 nitrogen and oxygen atoms in total. The van der Waals surface area contributed by atoms with Crippen LogP contribution >= 0.6 is 0 Å². The Kier molecular flexibility index (Phi) is 3.83. The Bertz CT molecular complexity index is 1000. The molecule has 3 heterocycles. The van der Waals surface area contributed by atoms with Crippen molar-refractivity contribution in [3.8, 4) is 0 Å². The maximum absolute atomic E-state index is 12.5. The van der Waals surface area contributed by atoms with Gasteiger partial charge < -0.3 is 14.5 Å². The maximum Gasteiger partial charge on any atom is 0.240 e. The molecule has 0 bridgehead atoms. The highest BCUT2D eigenvalue weighted by molar-refractivity contribution is 5.82. The highest BCUT2D eigenvalue weighted by atomic mass is 16.2. The zero-order valence-electron chi connectivity index (χ0n) is 14.0. The molecule has 0 radical (unpaired) electrons. The number of carbonyl (C=O) groups excluding carboxylic acids is 1. The molecule has 25 heavy (non-hydrogen) atoms. The third kappa shape index (κ3) is 2.93. The predicted molar refractivity (Wildman–Crippen MR) is 93.2 cm³/mol. The van der Waals surface area contributed by atoms with Crippen LogP contribution in [0.15, 0.2) is 41.3 Å². The van der Waals surface area contributed by atoms with Crippen molar-refractivity contribution in [1.82, 2.24) is 24.6 Å². The zero-order chi connectivity index (χ0) is 17.4. The minimum absolute atomic E-state index is 0.0323. The van der Waals surface area contributed by atoms with Gasteiger partial charge in [0.2, 0.25) is 5.91 Å². The topological polar surface area (TPSA) is 81.8 Å². The van der Waals surface area contributed by atoms with Crippen LogP contribution in [0, 0.1) is 6.92 Å². The van der Waals surface area contributed by atoms with E-state index in [0.29, 0.717) is 11.9 Å². The van der Waals surface area contributed by atoms with Crippen LogP contribution in [0.4, 0.5) is 0 Å². The molecule has 1 aliphatic rings. The molecule has 7 heteroatoms. The van der Waals surface area contributed by atoms with Crippen molar-refractivity contribution < 1.29 is 4.79 Å². The Hall–Kier alpha value is -2.96. The highest BCUT2D eigenvalue weighted by Crippen LogP contribution is 2.15. The molecule has 2 aromatic heterocycles. The summed E-state index contributed by atoms with van der Waals surface area (Å²) in [5.74, 6) is 1.79. The molecule has 1 atom stereocenters. The zero-order valence-corrected chi connectivity index (χ0v) is 14.0. The molecule has 0 saturated carbocycles. The number of benzene rings is 1. The quantitative estimate of drug-likeness (QED) is 0.774. The van der Waals surface area contributed by atoms with Gasteiger partial charge >= 0.3 is 0 Å². The summed E-state index contributed by atoms with van der Waals surface area (Å²) in [7, 11) is 0. The van der Waals surface area contributed by atoms with Crippen LogP contribution in [0.1, 0.15) is 18.1 Å². The van der Waals surface area contributed by atoms with Crippen LogP contribution in [-0.2, 0) is 24.3 Å². The summed E-state index contributed by atoms with van der Waals surface area (Å²) >= 11 is 0. The lowest BCUT2D eigenvalue weighted by Crippen LogP contribution is -2.42. The van der Waals surface area contributed by atoms with Gasteiger partial charge in [0.05, 0.1) is 5.52 Å². The molecule has 3 aromatic rings. The molecule has 0 aliphatic carbocycles. The summed E-state index contributed by atoms with van der Waals surface area (Å²) < 4.78 is 3.87. The number of amides is 1. The first-order valence-electron chi connectivity index (χ1n) is 8.38. The van der Waals surface area contributed by atoms with Crippen LogP contribution in [0.3, 0.4) is 0 Å². The summed E-state index contributed by atoms with van der Waals surface area (Å²) in [4.78, 5) is 24.4. The second-order valence-corrected chi connectivity index (χ2v) is 6.40. The fourth-order valence-electron chi connectivity index (χ4n) is 3.41. The van der Waals surface area contributed by atoms with Crippen LogP contribution in [0.2, 0.25) is 0 Å².